The molecule has 23 heavy (non-hydrogen) atoms. The van der Waals surface area contributed by atoms with Crippen molar-refractivity contribution < 1.29 is 19.2 Å². The number of nitro groups is 1. The van der Waals surface area contributed by atoms with Crippen molar-refractivity contribution in [3.05, 3.63) is 28.4 Å². The van der Waals surface area contributed by atoms with Gasteiger partial charge in [-0.2, -0.15) is 0 Å². The van der Waals surface area contributed by atoms with Crippen molar-refractivity contribution in [3.8, 4) is 5.88 Å². The van der Waals surface area contributed by atoms with Crippen LogP contribution in [0.2, 0.25) is 0 Å². The molecule has 1 aliphatic rings. The Hall–Kier alpha value is -2.38. The number of aromatic nitrogens is 1. The fraction of sp³-hybridized carbons (Fsp3) is 0.600. The lowest BCUT2D eigenvalue weighted by Gasteiger charge is -2.28. The number of rotatable bonds is 4. The normalized spacial score (nSPS) is 17.9. The van der Waals surface area contributed by atoms with Crippen LogP contribution in [0.3, 0.4) is 0 Å². The zero-order valence-corrected chi connectivity index (χ0v) is 13.5. The third kappa shape index (κ3) is 4.54. The van der Waals surface area contributed by atoms with Crippen LogP contribution in [0.25, 0.3) is 0 Å². The lowest BCUT2D eigenvalue weighted by molar-refractivity contribution is -0.386. The van der Waals surface area contributed by atoms with E-state index in [1.165, 1.54) is 18.3 Å². The molecule has 1 aromatic rings. The van der Waals surface area contributed by atoms with Gasteiger partial charge in [-0.3, -0.25) is 10.1 Å². The summed E-state index contributed by atoms with van der Waals surface area (Å²) >= 11 is 0. The largest absolute Gasteiger partial charge is 0.471 e. The highest BCUT2D eigenvalue weighted by Gasteiger charge is 2.33. The molecule has 0 bridgehead atoms. The van der Waals surface area contributed by atoms with E-state index >= 15 is 0 Å². The maximum absolute atomic E-state index is 12.2. The number of pyridine rings is 1. The number of ether oxygens (including phenoxy) is 2. The van der Waals surface area contributed by atoms with Gasteiger partial charge in [0.25, 0.3) is 5.88 Å². The first kappa shape index (κ1) is 17.0. The summed E-state index contributed by atoms with van der Waals surface area (Å²) in [7, 11) is 0. The highest BCUT2D eigenvalue weighted by molar-refractivity contribution is 5.69. The molecule has 2 heterocycles. The van der Waals surface area contributed by atoms with E-state index < -0.39 is 10.5 Å². The van der Waals surface area contributed by atoms with E-state index in [0.29, 0.717) is 6.54 Å². The minimum absolute atomic E-state index is 0.0338. The van der Waals surface area contributed by atoms with Crippen LogP contribution in [0, 0.1) is 10.1 Å². The summed E-state index contributed by atoms with van der Waals surface area (Å²) in [6.07, 6.45) is 2.65. The minimum Gasteiger partial charge on any atom is -0.471 e. The molecule has 0 aliphatic carbocycles. The smallest absolute Gasteiger partial charge is 0.410 e. The van der Waals surface area contributed by atoms with Crippen LogP contribution in [0.4, 0.5) is 10.5 Å². The molecule has 0 saturated carbocycles. The summed E-state index contributed by atoms with van der Waals surface area (Å²) in [6, 6.07) is 2.64. The van der Waals surface area contributed by atoms with Crippen molar-refractivity contribution in [3.63, 3.8) is 0 Å². The predicted octanol–water partition coefficient (Wildman–Crippen LogP) is 2.77. The van der Waals surface area contributed by atoms with Gasteiger partial charge in [0.15, 0.2) is 0 Å². The van der Waals surface area contributed by atoms with Crippen molar-refractivity contribution in [1.29, 1.82) is 0 Å². The molecule has 126 valence electrons. The standard InChI is InChI=1S/C15H21N3O5/c1-15(2,3)23-14(19)17-9-5-6-11(17)10-22-13-12(18(20)21)7-4-8-16-13/h4,7-8,11H,5-6,9-10H2,1-3H3/t11-/m1/s1. The van der Waals surface area contributed by atoms with Crippen LogP contribution >= 0.6 is 0 Å². The molecule has 0 unspecified atom stereocenters. The first-order valence-electron chi connectivity index (χ1n) is 7.50. The second-order valence-corrected chi connectivity index (χ2v) is 6.37. The fourth-order valence-corrected chi connectivity index (χ4v) is 2.38. The molecule has 0 spiro atoms. The Kier molecular flexibility index (Phi) is 5.02. The molecular weight excluding hydrogens is 302 g/mol. The van der Waals surface area contributed by atoms with Gasteiger partial charge in [-0.1, -0.05) is 0 Å². The van der Waals surface area contributed by atoms with Crippen LogP contribution in [0.5, 0.6) is 5.88 Å². The third-order valence-corrected chi connectivity index (χ3v) is 3.37. The fourth-order valence-electron chi connectivity index (χ4n) is 2.38. The van der Waals surface area contributed by atoms with Crippen LogP contribution in [-0.2, 0) is 4.74 Å². The number of carbonyl (C=O) groups excluding carboxylic acids is 1. The lowest BCUT2D eigenvalue weighted by atomic mass is 10.2. The number of hydrogen-bond donors (Lipinski definition) is 0. The van der Waals surface area contributed by atoms with E-state index in [0.717, 1.165) is 12.8 Å². The van der Waals surface area contributed by atoms with Crippen LogP contribution in [0.15, 0.2) is 18.3 Å². The van der Waals surface area contributed by atoms with E-state index in [2.05, 4.69) is 4.98 Å². The van der Waals surface area contributed by atoms with Gasteiger partial charge in [0.2, 0.25) is 0 Å². The summed E-state index contributed by atoms with van der Waals surface area (Å²) in [6.45, 7) is 6.17. The Morgan fingerprint density at radius 2 is 2.26 bits per heavy atom. The van der Waals surface area contributed by atoms with E-state index in [9.17, 15) is 14.9 Å². The molecule has 8 nitrogen and oxygen atoms in total. The molecule has 1 amide bonds. The van der Waals surface area contributed by atoms with E-state index in [-0.39, 0.29) is 30.3 Å². The highest BCUT2D eigenvalue weighted by atomic mass is 16.6. The maximum atomic E-state index is 12.2. The van der Waals surface area contributed by atoms with Crippen molar-refractivity contribution in [1.82, 2.24) is 9.88 Å². The Morgan fingerprint density at radius 3 is 2.91 bits per heavy atom. The second-order valence-electron chi connectivity index (χ2n) is 6.37. The highest BCUT2D eigenvalue weighted by Crippen LogP contribution is 2.25. The lowest BCUT2D eigenvalue weighted by Crippen LogP contribution is -2.42. The van der Waals surface area contributed by atoms with Gasteiger partial charge in [-0.15, -0.1) is 0 Å². The van der Waals surface area contributed by atoms with E-state index in [1.807, 2.05) is 20.8 Å². The number of amides is 1. The van der Waals surface area contributed by atoms with Crippen molar-refractivity contribution in [2.24, 2.45) is 0 Å². The zero-order valence-electron chi connectivity index (χ0n) is 13.5. The molecule has 8 heteroatoms. The van der Waals surface area contributed by atoms with Gasteiger partial charge in [-0.05, 0) is 39.7 Å². The summed E-state index contributed by atoms with van der Waals surface area (Å²) < 4.78 is 10.9. The zero-order chi connectivity index (χ0) is 17.0. The molecule has 1 aromatic heterocycles. The summed E-state index contributed by atoms with van der Waals surface area (Å²) in [5, 5.41) is 10.9. The topological polar surface area (TPSA) is 94.8 Å². The second kappa shape index (κ2) is 6.80. The third-order valence-electron chi connectivity index (χ3n) is 3.37. The average Bonchev–Trinajstić information content (AvgIpc) is 2.92. The Bertz CT molecular complexity index is 585. The Balaban J connectivity index is 2.00. The van der Waals surface area contributed by atoms with Gasteiger partial charge in [0.05, 0.1) is 11.0 Å². The number of nitrogens with zero attached hydrogens (tertiary/aromatic N) is 3. The summed E-state index contributed by atoms with van der Waals surface area (Å²) in [5.74, 6) is -0.0338. The molecule has 1 saturated heterocycles. The Labute approximate surface area is 134 Å². The van der Waals surface area contributed by atoms with Gasteiger partial charge < -0.3 is 14.4 Å². The molecule has 2 rings (SSSR count). The first-order valence-corrected chi connectivity index (χ1v) is 7.50. The van der Waals surface area contributed by atoms with E-state index in [1.54, 1.807) is 4.90 Å². The molecule has 0 N–H and O–H groups in total. The SMILES string of the molecule is CC(C)(C)OC(=O)N1CCC[C@@H]1COc1ncccc1[N+](=O)[O-]. The predicted molar refractivity (Wildman–Crippen MR) is 82.3 cm³/mol. The quantitative estimate of drug-likeness (QED) is 0.624. The molecule has 1 aliphatic heterocycles. The number of hydrogen-bond acceptors (Lipinski definition) is 6. The molecule has 0 radical (unpaired) electrons. The van der Waals surface area contributed by atoms with Crippen LogP contribution < -0.4 is 4.74 Å². The van der Waals surface area contributed by atoms with E-state index in [4.69, 9.17) is 9.47 Å². The summed E-state index contributed by atoms with van der Waals surface area (Å²) in [4.78, 5) is 28.1. The maximum Gasteiger partial charge on any atom is 0.410 e. The number of likely N-dealkylation sites (tertiary alicyclic amines) is 1. The van der Waals surface area contributed by atoms with Crippen LogP contribution in [0.1, 0.15) is 33.6 Å². The van der Waals surface area contributed by atoms with Crippen molar-refractivity contribution in [2.45, 2.75) is 45.3 Å². The molecule has 0 aromatic carbocycles. The molecular formula is C15H21N3O5. The average molecular weight is 323 g/mol. The monoisotopic (exact) mass is 323 g/mol. The first-order chi connectivity index (χ1) is 10.8. The van der Waals surface area contributed by atoms with Crippen LogP contribution in [-0.4, -0.2) is 45.7 Å². The van der Waals surface area contributed by atoms with Crippen molar-refractivity contribution >= 4 is 11.8 Å². The van der Waals surface area contributed by atoms with Gasteiger partial charge in [0, 0.05) is 18.8 Å². The number of carbonyl (C=O) groups is 1. The minimum atomic E-state index is -0.565. The van der Waals surface area contributed by atoms with Crippen molar-refractivity contribution in [2.75, 3.05) is 13.2 Å². The van der Waals surface area contributed by atoms with Gasteiger partial charge in [-0.25, -0.2) is 9.78 Å². The van der Waals surface area contributed by atoms with Gasteiger partial charge >= 0.3 is 11.8 Å². The molecule has 1 fully saturated rings. The van der Waals surface area contributed by atoms with Gasteiger partial charge in [0.1, 0.15) is 12.2 Å². The molecule has 1 atom stereocenters. The Morgan fingerprint density at radius 1 is 1.52 bits per heavy atom. The summed E-state index contributed by atoms with van der Waals surface area (Å²) in [5.41, 5.74) is -0.750.